The van der Waals surface area contributed by atoms with E-state index in [9.17, 15) is 0 Å². The van der Waals surface area contributed by atoms with Gasteiger partial charge in [-0.05, 0) is 37.3 Å². The highest BCUT2D eigenvalue weighted by Crippen LogP contribution is 2.20. The maximum atomic E-state index is 5.53. The molecule has 0 aliphatic rings. The van der Waals surface area contributed by atoms with Crippen LogP contribution >= 0.6 is 0 Å². The van der Waals surface area contributed by atoms with Crippen molar-refractivity contribution in [3.05, 3.63) is 42.1 Å². The molecular formula is C12H13N3O. The van der Waals surface area contributed by atoms with Gasteiger partial charge in [0.2, 0.25) is 5.88 Å². The number of benzene rings is 1. The summed E-state index contributed by atoms with van der Waals surface area (Å²) in [6.07, 6.45) is 0. The van der Waals surface area contributed by atoms with Crippen LogP contribution < -0.4 is 10.1 Å². The van der Waals surface area contributed by atoms with Crippen LogP contribution in [0.3, 0.4) is 0 Å². The molecule has 0 aliphatic carbocycles. The Morgan fingerprint density at radius 3 is 2.31 bits per heavy atom. The van der Waals surface area contributed by atoms with Crippen molar-refractivity contribution in [2.24, 2.45) is 0 Å². The number of hydrogen-bond acceptors (Lipinski definition) is 4. The summed E-state index contributed by atoms with van der Waals surface area (Å²) in [4.78, 5) is 0. The summed E-state index contributed by atoms with van der Waals surface area (Å²) in [7, 11) is 1.88. The summed E-state index contributed by atoms with van der Waals surface area (Å²) in [5, 5.41) is 10.9. The van der Waals surface area contributed by atoms with E-state index >= 15 is 0 Å². The third-order valence-electron chi connectivity index (χ3n) is 2.14. The molecule has 4 nitrogen and oxygen atoms in total. The van der Waals surface area contributed by atoms with Crippen molar-refractivity contribution in [2.75, 3.05) is 12.4 Å². The molecular weight excluding hydrogens is 202 g/mol. The van der Waals surface area contributed by atoms with E-state index < -0.39 is 0 Å². The van der Waals surface area contributed by atoms with Crippen molar-refractivity contribution in [3.8, 4) is 11.6 Å². The van der Waals surface area contributed by atoms with Crippen molar-refractivity contribution in [1.82, 2.24) is 10.2 Å². The van der Waals surface area contributed by atoms with Crippen molar-refractivity contribution >= 4 is 5.69 Å². The second kappa shape index (κ2) is 4.61. The summed E-state index contributed by atoms with van der Waals surface area (Å²) in [5.41, 5.74) is 1.92. The fourth-order valence-electron chi connectivity index (χ4n) is 1.25. The minimum atomic E-state index is 0.503. The van der Waals surface area contributed by atoms with E-state index in [1.54, 1.807) is 6.07 Å². The molecule has 2 aromatic rings. The van der Waals surface area contributed by atoms with Gasteiger partial charge in [-0.2, -0.15) is 5.10 Å². The Balaban J connectivity index is 2.11. The van der Waals surface area contributed by atoms with E-state index in [-0.39, 0.29) is 0 Å². The first kappa shape index (κ1) is 10.4. The lowest BCUT2D eigenvalue weighted by Crippen LogP contribution is -1.92. The van der Waals surface area contributed by atoms with Gasteiger partial charge in [0.1, 0.15) is 5.75 Å². The molecule has 1 heterocycles. The van der Waals surface area contributed by atoms with Crippen LogP contribution in [-0.4, -0.2) is 17.2 Å². The maximum absolute atomic E-state index is 5.53. The number of ether oxygens (including phenoxy) is 1. The molecule has 1 N–H and O–H groups in total. The molecule has 0 unspecified atom stereocenters. The molecule has 1 aromatic carbocycles. The van der Waals surface area contributed by atoms with Gasteiger partial charge in [0.15, 0.2) is 0 Å². The Morgan fingerprint density at radius 1 is 1.00 bits per heavy atom. The Labute approximate surface area is 94.3 Å². The van der Waals surface area contributed by atoms with Crippen LogP contribution in [0.1, 0.15) is 5.69 Å². The summed E-state index contributed by atoms with van der Waals surface area (Å²) >= 11 is 0. The smallest absolute Gasteiger partial charge is 0.238 e. The molecule has 82 valence electrons. The molecule has 0 saturated heterocycles. The van der Waals surface area contributed by atoms with Gasteiger partial charge in [-0.15, -0.1) is 5.10 Å². The van der Waals surface area contributed by atoms with Gasteiger partial charge in [0, 0.05) is 18.8 Å². The fourth-order valence-corrected chi connectivity index (χ4v) is 1.25. The van der Waals surface area contributed by atoms with Crippen molar-refractivity contribution in [3.63, 3.8) is 0 Å². The summed E-state index contributed by atoms with van der Waals surface area (Å²) in [6.45, 7) is 1.89. The Bertz CT molecular complexity index is 451. The van der Waals surface area contributed by atoms with Crippen LogP contribution in [0.4, 0.5) is 5.69 Å². The van der Waals surface area contributed by atoms with E-state index in [4.69, 9.17) is 4.74 Å². The molecule has 16 heavy (non-hydrogen) atoms. The third kappa shape index (κ3) is 2.48. The number of aromatic nitrogens is 2. The highest BCUT2D eigenvalue weighted by molar-refractivity contribution is 5.46. The van der Waals surface area contributed by atoms with E-state index in [2.05, 4.69) is 15.5 Å². The molecule has 0 amide bonds. The SMILES string of the molecule is CNc1ccc(Oc2ccc(C)nn2)cc1. The highest BCUT2D eigenvalue weighted by atomic mass is 16.5. The molecule has 0 radical (unpaired) electrons. The second-order valence-electron chi connectivity index (χ2n) is 3.39. The standard InChI is InChI=1S/C12H13N3O/c1-9-3-8-12(15-14-9)16-11-6-4-10(13-2)5-7-11/h3-8,13H,1-2H3. The average Bonchev–Trinajstić information content (AvgIpc) is 2.33. The Kier molecular flexibility index (Phi) is 3.00. The fraction of sp³-hybridized carbons (Fsp3) is 0.167. The van der Waals surface area contributed by atoms with Gasteiger partial charge in [-0.25, -0.2) is 0 Å². The number of nitrogens with zero attached hydrogens (tertiary/aromatic N) is 2. The van der Waals surface area contributed by atoms with E-state index in [0.717, 1.165) is 17.1 Å². The quantitative estimate of drug-likeness (QED) is 0.855. The van der Waals surface area contributed by atoms with Crippen molar-refractivity contribution in [2.45, 2.75) is 6.92 Å². The first-order valence-electron chi connectivity index (χ1n) is 5.04. The van der Waals surface area contributed by atoms with E-state index in [1.807, 2.05) is 44.3 Å². The first-order valence-corrected chi connectivity index (χ1v) is 5.04. The molecule has 1 aromatic heterocycles. The molecule has 0 aliphatic heterocycles. The largest absolute Gasteiger partial charge is 0.438 e. The minimum Gasteiger partial charge on any atom is -0.438 e. The maximum Gasteiger partial charge on any atom is 0.238 e. The molecule has 0 bridgehead atoms. The predicted octanol–water partition coefficient (Wildman–Crippen LogP) is 2.62. The topological polar surface area (TPSA) is 47.0 Å². The number of hydrogen-bond donors (Lipinski definition) is 1. The summed E-state index contributed by atoms with van der Waals surface area (Å²) in [5.74, 6) is 1.25. The van der Waals surface area contributed by atoms with Crippen LogP contribution in [0.15, 0.2) is 36.4 Å². The van der Waals surface area contributed by atoms with Gasteiger partial charge in [-0.3, -0.25) is 0 Å². The first-order chi connectivity index (χ1) is 7.78. The zero-order valence-electron chi connectivity index (χ0n) is 9.27. The normalized spacial score (nSPS) is 9.88. The number of nitrogens with one attached hydrogen (secondary N) is 1. The lowest BCUT2D eigenvalue weighted by atomic mass is 10.3. The minimum absolute atomic E-state index is 0.503. The van der Waals surface area contributed by atoms with Crippen LogP contribution in [0.5, 0.6) is 11.6 Å². The van der Waals surface area contributed by atoms with E-state index in [1.165, 1.54) is 0 Å². The molecule has 0 saturated carbocycles. The second-order valence-corrected chi connectivity index (χ2v) is 3.39. The van der Waals surface area contributed by atoms with Crippen LogP contribution in [-0.2, 0) is 0 Å². The summed E-state index contributed by atoms with van der Waals surface area (Å²) < 4.78 is 5.53. The predicted molar refractivity (Wildman–Crippen MR) is 62.8 cm³/mol. The van der Waals surface area contributed by atoms with Crippen LogP contribution in [0.25, 0.3) is 0 Å². The Hall–Kier alpha value is -2.10. The highest BCUT2D eigenvalue weighted by Gasteiger charge is 1.98. The molecule has 4 heteroatoms. The van der Waals surface area contributed by atoms with Crippen LogP contribution in [0.2, 0.25) is 0 Å². The van der Waals surface area contributed by atoms with Gasteiger partial charge < -0.3 is 10.1 Å². The van der Waals surface area contributed by atoms with Gasteiger partial charge in [-0.1, -0.05) is 0 Å². The molecule has 2 rings (SSSR count). The van der Waals surface area contributed by atoms with Gasteiger partial charge in [0.25, 0.3) is 0 Å². The zero-order chi connectivity index (χ0) is 11.4. The number of aryl methyl sites for hydroxylation is 1. The molecule has 0 atom stereocenters. The molecule has 0 fully saturated rings. The van der Waals surface area contributed by atoms with Crippen molar-refractivity contribution in [1.29, 1.82) is 0 Å². The number of anilines is 1. The third-order valence-corrected chi connectivity index (χ3v) is 2.14. The molecule has 0 spiro atoms. The average molecular weight is 215 g/mol. The van der Waals surface area contributed by atoms with E-state index in [0.29, 0.717) is 5.88 Å². The lowest BCUT2D eigenvalue weighted by molar-refractivity contribution is 0.454. The van der Waals surface area contributed by atoms with Gasteiger partial charge >= 0.3 is 0 Å². The lowest BCUT2D eigenvalue weighted by Gasteiger charge is -2.05. The van der Waals surface area contributed by atoms with Crippen LogP contribution in [0, 0.1) is 6.92 Å². The number of rotatable bonds is 3. The Morgan fingerprint density at radius 2 is 1.75 bits per heavy atom. The summed E-state index contributed by atoms with van der Waals surface area (Å²) in [6, 6.07) is 11.3. The monoisotopic (exact) mass is 215 g/mol. The van der Waals surface area contributed by atoms with Gasteiger partial charge in [0.05, 0.1) is 5.69 Å². The zero-order valence-corrected chi connectivity index (χ0v) is 9.27. The van der Waals surface area contributed by atoms with Crippen molar-refractivity contribution < 1.29 is 4.74 Å².